The van der Waals surface area contributed by atoms with Crippen molar-refractivity contribution in [3.63, 3.8) is 0 Å². The number of ether oxygens (including phenoxy) is 2. The van der Waals surface area contributed by atoms with Crippen LogP contribution in [0.5, 0.6) is 11.5 Å². The molecule has 0 aliphatic heterocycles. The number of hydrogen-bond acceptors (Lipinski definition) is 7. The molecule has 0 fully saturated rings. The number of nitrogens with two attached hydrogens (primary N) is 1. The summed E-state index contributed by atoms with van der Waals surface area (Å²) in [6.45, 7) is 10.4. The van der Waals surface area contributed by atoms with Crippen molar-refractivity contribution in [3.8, 4) is 11.5 Å². The number of nitrogens with zero attached hydrogens (tertiary/aromatic N) is 1. The first kappa shape index (κ1) is 26.5. The molecule has 2 aromatic rings. The molecule has 0 aliphatic carbocycles. The molecule has 2 aromatic carbocycles. The van der Waals surface area contributed by atoms with Crippen LogP contribution in [0.1, 0.15) is 64.8 Å². The minimum atomic E-state index is -1.15. The Bertz CT molecular complexity index is 1020. The number of nitrogens with one attached hydrogen (secondary N) is 1. The Morgan fingerprint density at radius 1 is 0.794 bits per heavy atom. The van der Waals surface area contributed by atoms with Gasteiger partial charge in [-0.1, -0.05) is 24.3 Å². The SMILES string of the molecule is CC(C)(C)OC(=O)C(N=C(N)NC(C(=O)OC(C)(C)C)c1ccc(O)cc1)c1ccc(O)cc1. The maximum absolute atomic E-state index is 12.9. The van der Waals surface area contributed by atoms with Crippen molar-refractivity contribution in [2.45, 2.75) is 64.8 Å². The number of hydrogen-bond donors (Lipinski definition) is 4. The Hall–Kier alpha value is -3.75. The number of benzene rings is 2. The summed E-state index contributed by atoms with van der Waals surface area (Å²) in [5.41, 5.74) is 5.53. The van der Waals surface area contributed by atoms with Gasteiger partial charge in [0.2, 0.25) is 0 Å². The molecule has 0 spiro atoms. The molecular formula is C25H33N3O6. The van der Waals surface area contributed by atoms with Gasteiger partial charge in [-0.05, 0) is 76.9 Å². The van der Waals surface area contributed by atoms with Crippen LogP contribution in [0.3, 0.4) is 0 Å². The summed E-state index contributed by atoms with van der Waals surface area (Å²) in [6, 6.07) is 9.68. The number of phenols is 2. The van der Waals surface area contributed by atoms with Crippen molar-refractivity contribution >= 4 is 17.9 Å². The van der Waals surface area contributed by atoms with Gasteiger partial charge in [-0.15, -0.1) is 0 Å². The van der Waals surface area contributed by atoms with E-state index in [1.807, 2.05) is 0 Å². The average molecular weight is 472 g/mol. The van der Waals surface area contributed by atoms with Crippen LogP contribution in [0.4, 0.5) is 0 Å². The number of aliphatic imine (C=N–C) groups is 1. The summed E-state index contributed by atoms with van der Waals surface area (Å²) in [7, 11) is 0. The van der Waals surface area contributed by atoms with Crippen LogP contribution in [-0.2, 0) is 19.1 Å². The summed E-state index contributed by atoms with van der Waals surface area (Å²) in [5, 5.41) is 22.0. The number of aromatic hydroxyl groups is 2. The fourth-order valence-electron chi connectivity index (χ4n) is 2.91. The quantitative estimate of drug-likeness (QED) is 0.285. The number of phenolic OH excluding ortho intramolecular Hbond substituents is 2. The predicted octanol–water partition coefficient (Wildman–Crippen LogP) is 3.47. The second-order valence-electron chi connectivity index (χ2n) is 9.74. The van der Waals surface area contributed by atoms with Crippen LogP contribution >= 0.6 is 0 Å². The van der Waals surface area contributed by atoms with Gasteiger partial charge in [0.15, 0.2) is 18.0 Å². The number of esters is 2. The molecule has 0 aromatic heterocycles. The molecule has 0 aliphatic rings. The third kappa shape index (κ3) is 8.31. The molecule has 0 bridgehead atoms. The van der Waals surface area contributed by atoms with E-state index in [9.17, 15) is 19.8 Å². The van der Waals surface area contributed by atoms with E-state index in [0.29, 0.717) is 11.1 Å². The largest absolute Gasteiger partial charge is 0.508 e. The van der Waals surface area contributed by atoms with E-state index >= 15 is 0 Å². The number of rotatable bonds is 6. The summed E-state index contributed by atoms with van der Waals surface area (Å²) >= 11 is 0. The zero-order valence-electron chi connectivity index (χ0n) is 20.3. The van der Waals surface area contributed by atoms with Crippen molar-refractivity contribution in [2.75, 3.05) is 0 Å². The zero-order chi connectivity index (χ0) is 25.7. The molecule has 2 unspecified atom stereocenters. The highest BCUT2D eigenvalue weighted by molar-refractivity contribution is 5.89. The smallest absolute Gasteiger partial charge is 0.336 e. The minimum absolute atomic E-state index is 0.0269. The second kappa shape index (κ2) is 10.5. The normalized spacial score (nSPS) is 14.1. The van der Waals surface area contributed by atoms with Gasteiger partial charge in [-0.2, -0.15) is 0 Å². The van der Waals surface area contributed by atoms with E-state index in [2.05, 4.69) is 10.3 Å². The van der Waals surface area contributed by atoms with Crippen molar-refractivity contribution < 1.29 is 29.3 Å². The molecule has 0 heterocycles. The molecule has 0 amide bonds. The van der Waals surface area contributed by atoms with Crippen molar-refractivity contribution in [1.82, 2.24) is 5.32 Å². The Balaban J connectivity index is 2.42. The summed E-state index contributed by atoms with van der Waals surface area (Å²) in [4.78, 5) is 30.1. The highest BCUT2D eigenvalue weighted by Gasteiger charge is 2.30. The maximum Gasteiger partial charge on any atom is 0.336 e. The highest BCUT2D eigenvalue weighted by atomic mass is 16.6. The van der Waals surface area contributed by atoms with Crippen LogP contribution in [0.15, 0.2) is 53.5 Å². The monoisotopic (exact) mass is 471 g/mol. The second-order valence-corrected chi connectivity index (χ2v) is 9.74. The predicted molar refractivity (Wildman–Crippen MR) is 128 cm³/mol. The first-order valence-electron chi connectivity index (χ1n) is 10.8. The Morgan fingerprint density at radius 2 is 1.21 bits per heavy atom. The zero-order valence-corrected chi connectivity index (χ0v) is 20.3. The van der Waals surface area contributed by atoms with Crippen LogP contribution in [0.25, 0.3) is 0 Å². The highest BCUT2D eigenvalue weighted by Crippen LogP contribution is 2.25. The van der Waals surface area contributed by atoms with Crippen molar-refractivity contribution in [1.29, 1.82) is 0 Å². The molecule has 5 N–H and O–H groups in total. The van der Waals surface area contributed by atoms with E-state index in [1.165, 1.54) is 36.4 Å². The van der Waals surface area contributed by atoms with Crippen LogP contribution in [-0.4, -0.2) is 39.3 Å². The maximum atomic E-state index is 12.9. The molecule has 9 heteroatoms. The number of guanidine groups is 1. The summed E-state index contributed by atoms with van der Waals surface area (Å²) < 4.78 is 11.0. The Kier molecular flexibility index (Phi) is 8.15. The van der Waals surface area contributed by atoms with Crippen LogP contribution < -0.4 is 11.1 Å². The van der Waals surface area contributed by atoms with Crippen LogP contribution in [0.2, 0.25) is 0 Å². The first-order valence-corrected chi connectivity index (χ1v) is 10.8. The van der Waals surface area contributed by atoms with Crippen molar-refractivity contribution in [3.05, 3.63) is 59.7 Å². The van der Waals surface area contributed by atoms with E-state index in [1.54, 1.807) is 53.7 Å². The first-order chi connectivity index (χ1) is 15.6. The van der Waals surface area contributed by atoms with E-state index in [0.717, 1.165) is 0 Å². The third-order valence-electron chi connectivity index (χ3n) is 4.27. The van der Waals surface area contributed by atoms with Gasteiger partial charge in [0.05, 0.1) is 0 Å². The lowest BCUT2D eigenvalue weighted by molar-refractivity contribution is -0.157. The number of carbonyl (C=O) groups is 2. The third-order valence-corrected chi connectivity index (χ3v) is 4.27. The lowest BCUT2D eigenvalue weighted by atomic mass is 10.1. The standard InChI is InChI=1S/C25H33N3O6/c1-24(2,3)33-21(31)19(15-7-11-17(29)12-8-15)27-23(26)28-20(22(32)34-25(4,5)6)16-9-13-18(30)14-10-16/h7-14,19-20,29-30H,1-6H3,(H3,26,27,28). The molecule has 2 atom stereocenters. The van der Waals surface area contributed by atoms with Gasteiger partial charge in [-0.25, -0.2) is 14.6 Å². The molecule has 9 nitrogen and oxygen atoms in total. The molecular weight excluding hydrogens is 438 g/mol. The molecule has 2 rings (SSSR count). The fraction of sp³-hybridized carbons (Fsp3) is 0.400. The molecule has 184 valence electrons. The summed E-state index contributed by atoms with van der Waals surface area (Å²) in [6.07, 6.45) is 0. The van der Waals surface area contributed by atoms with E-state index in [-0.39, 0.29) is 17.5 Å². The van der Waals surface area contributed by atoms with Crippen molar-refractivity contribution in [2.24, 2.45) is 10.7 Å². The number of carbonyl (C=O) groups excluding carboxylic acids is 2. The van der Waals surface area contributed by atoms with E-state index < -0.39 is 35.2 Å². The topological polar surface area (TPSA) is 143 Å². The van der Waals surface area contributed by atoms with Gasteiger partial charge < -0.3 is 30.7 Å². The molecule has 34 heavy (non-hydrogen) atoms. The molecule has 0 saturated carbocycles. The van der Waals surface area contributed by atoms with Gasteiger partial charge in [0.25, 0.3) is 0 Å². The molecule has 0 radical (unpaired) electrons. The molecule has 0 saturated heterocycles. The lowest BCUT2D eigenvalue weighted by Crippen LogP contribution is -2.42. The van der Waals surface area contributed by atoms with Crippen LogP contribution in [0, 0.1) is 0 Å². The van der Waals surface area contributed by atoms with Gasteiger partial charge in [0, 0.05) is 0 Å². The van der Waals surface area contributed by atoms with Gasteiger partial charge in [0.1, 0.15) is 22.7 Å². The van der Waals surface area contributed by atoms with Gasteiger partial charge >= 0.3 is 11.9 Å². The Morgan fingerprint density at radius 3 is 1.65 bits per heavy atom. The average Bonchev–Trinajstić information content (AvgIpc) is 2.69. The Labute approximate surface area is 199 Å². The van der Waals surface area contributed by atoms with Gasteiger partial charge in [-0.3, -0.25) is 0 Å². The van der Waals surface area contributed by atoms with E-state index in [4.69, 9.17) is 15.2 Å². The summed E-state index contributed by atoms with van der Waals surface area (Å²) in [5.74, 6) is -1.41. The minimum Gasteiger partial charge on any atom is -0.508 e. The fourth-order valence-corrected chi connectivity index (χ4v) is 2.91. The lowest BCUT2D eigenvalue weighted by Gasteiger charge is -2.26.